The van der Waals surface area contributed by atoms with E-state index in [1.54, 1.807) is 12.3 Å². The Morgan fingerprint density at radius 3 is 2.65 bits per heavy atom. The number of anilines is 2. The first kappa shape index (κ1) is 22.1. The van der Waals surface area contributed by atoms with E-state index in [2.05, 4.69) is 25.5 Å². The number of rotatable bonds is 4. The van der Waals surface area contributed by atoms with Crippen LogP contribution >= 0.6 is 0 Å². The Labute approximate surface area is 194 Å². The van der Waals surface area contributed by atoms with Crippen LogP contribution in [-0.2, 0) is 19.3 Å². The first-order valence-electron chi connectivity index (χ1n) is 10.9. The van der Waals surface area contributed by atoms with Crippen LogP contribution in [0.2, 0.25) is 0 Å². The van der Waals surface area contributed by atoms with Crippen molar-refractivity contribution >= 4 is 22.3 Å². The zero-order valence-corrected chi connectivity index (χ0v) is 18.8. The third kappa shape index (κ3) is 3.94. The van der Waals surface area contributed by atoms with Gasteiger partial charge in [0, 0.05) is 29.2 Å². The number of alkyl halides is 3. The molecular weight excluding hydrogens is 443 g/mol. The second-order valence-corrected chi connectivity index (χ2v) is 8.47. The first-order chi connectivity index (χ1) is 16.2. The average molecular weight is 467 g/mol. The van der Waals surface area contributed by atoms with E-state index in [0.29, 0.717) is 11.4 Å². The van der Waals surface area contributed by atoms with Crippen molar-refractivity contribution in [3.8, 4) is 0 Å². The highest BCUT2D eigenvalue weighted by Gasteiger charge is 2.33. The molecular formula is C24H24F3N7. The van der Waals surface area contributed by atoms with Crippen molar-refractivity contribution in [2.45, 2.75) is 39.3 Å². The monoisotopic (exact) mass is 467 g/mol. The molecule has 0 spiro atoms. The van der Waals surface area contributed by atoms with E-state index in [1.165, 1.54) is 13.0 Å². The summed E-state index contributed by atoms with van der Waals surface area (Å²) in [6.07, 6.45) is -3.54. The number of halogens is 3. The predicted molar refractivity (Wildman–Crippen MR) is 124 cm³/mol. The van der Waals surface area contributed by atoms with Gasteiger partial charge in [-0.1, -0.05) is 18.2 Å². The third-order valence-electron chi connectivity index (χ3n) is 6.36. The molecule has 0 bridgehead atoms. The molecule has 10 heteroatoms. The molecule has 176 valence electrons. The summed E-state index contributed by atoms with van der Waals surface area (Å²) in [6, 6.07) is 12.1. The number of aromatic nitrogens is 4. The lowest BCUT2D eigenvalue weighted by atomic mass is 10.00. The first-order valence-corrected chi connectivity index (χ1v) is 10.9. The quantitative estimate of drug-likeness (QED) is 0.429. The molecule has 4 aromatic rings. The standard InChI is InChI=1S/C24H24F3N7/c1-14-18(4-3-5-21(14)24(25,26)27)22(28)30-23-20-12-16(6-7-19(20)15(2)31-32-23)33-10-11-34-17(13-33)8-9-29-34/h3-9,12,22H,10-11,13,28H2,1-2H3,(H,30,32)/t22-/m0/s1. The van der Waals surface area contributed by atoms with Crippen LogP contribution in [0, 0.1) is 13.8 Å². The van der Waals surface area contributed by atoms with Crippen molar-refractivity contribution in [1.29, 1.82) is 0 Å². The number of aryl methyl sites for hydroxylation is 1. The third-order valence-corrected chi connectivity index (χ3v) is 6.36. The van der Waals surface area contributed by atoms with Crippen molar-refractivity contribution < 1.29 is 13.2 Å². The van der Waals surface area contributed by atoms with Gasteiger partial charge in [0.1, 0.15) is 6.17 Å². The molecule has 0 aliphatic carbocycles. The molecule has 2 aromatic carbocycles. The number of fused-ring (bicyclic) bond motifs is 2. The summed E-state index contributed by atoms with van der Waals surface area (Å²) >= 11 is 0. The molecule has 0 amide bonds. The van der Waals surface area contributed by atoms with Crippen molar-refractivity contribution in [1.82, 2.24) is 20.0 Å². The van der Waals surface area contributed by atoms with E-state index in [-0.39, 0.29) is 5.56 Å². The number of benzene rings is 2. The molecule has 0 radical (unpaired) electrons. The number of hydrogen-bond donors (Lipinski definition) is 2. The Hall–Kier alpha value is -3.66. The van der Waals surface area contributed by atoms with Gasteiger partial charge in [0.05, 0.1) is 30.0 Å². The summed E-state index contributed by atoms with van der Waals surface area (Å²) in [5.74, 6) is 0.425. The fourth-order valence-electron chi connectivity index (χ4n) is 4.51. The second-order valence-electron chi connectivity index (χ2n) is 8.47. The SMILES string of the molecule is Cc1c([C@@H](N)Nc2nnc(C)c3ccc(N4CCn5nccc5C4)cc23)cccc1C(F)(F)F. The number of nitrogens with zero attached hydrogens (tertiary/aromatic N) is 5. The molecule has 5 rings (SSSR count). The van der Waals surface area contributed by atoms with E-state index in [4.69, 9.17) is 5.73 Å². The van der Waals surface area contributed by atoms with Crippen LogP contribution in [0.25, 0.3) is 10.8 Å². The lowest BCUT2D eigenvalue weighted by Gasteiger charge is -2.30. The summed E-state index contributed by atoms with van der Waals surface area (Å²) in [5, 5.41) is 17.6. The van der Waals surface area contributed by atoms with Crippen molar-refractivity contribution in [2.24, 2.45) is 5.73 Å². The van der Waals surface area contributed by atoms with Crippen molar-refractivity contribution in [3.05, 3.63) is 76.7 Å². The van der Waals surface area contributed by atoms with Gasteiger partial charge >= 0.3 is 6.18 Å². The molecule has 1 aliphatic rings. The fourth-order valence-corrected chi connectivity index (χ4v) is 4.51. The maximum absolute atomic E-state index is 13.4. The van der Waals surface area contributed by atoms with Crippen LogP contribution in [0.4, 0.5) is 24.7 Å². The fraction of sp³-hybridized carbons (Fsp3) is 0.292. The summed E-state index contributed by atoms with van der Waals surface area (Å²) in [7, 11) is 0. The summed E-state index contributed by atoms with van der Waals surface area (Å²) in [6.45, 7) is 5.63. The smallest absolute Gasteiger partial charge is 0.364 e. The average Bonchev–Trinajstić information content (AvgIpc) is 3.28. The van der Waals surface area contributed by atoms with Crippen LogP contribution in [-0.4, -0.2) is 26.5 Å². The van der Waals surface area contributed by atoms with E-state index >= 15 is 0 Å². The molecule has 0 saturated heterocycles. The van der Waals surface area contributed by atoms with Gasteiger partial charge in [-0.3, -0.25) is 4.68 Å². The summed E-state index contributed by atoms with van der Waals surface area (Å²) in [5.41, 5.74) is 8.97. The minimum Gasteiger partial charge on any atom is -0.364 e. The molecule has 7 nitrogen and oxygen atoms in total. The van der Waals surface area contributed by atoms with Gasteiger partial charge in [-0.2, -0.15) is 23.4 Å². The molecule has 0 saturated carbocycles. The van der Waals surface area contributed by atoms with Gasteiger partial charge in [-0.25, -0.2) is 0 Å². The zero-order chi connectivity index (χ0) is 24.0. The number of nitrogens with one attached hydrogen (secondary N) is 1. The Morgan fingerprint density at radius 1 is 1.03 bits per heavy atom. The Kier molecular flexibility index (Phi) is 5.40. The number of hydrogen-bond acceptors (Lipinski definition) is 6. The van der Waals surface area contributed by atoms with E-state index in [0.717, 1.165) is 53.5 Å². The topological polar surface area (TPSA) is 84.9 Å². The minimum atomic E-state index is -4.45. The van der Waals surface area contributed by atoms with Crippen LogP contribution in [0.1, 0.15) is 34.2 Å². The lowest BCUT2D eigenvalue weighted by molar-refractivity contribution is -0.138. The molecule has 34 heavy (non-hydrogen) atoms. The van der Waals surface area contributed by atoms with Gasteiger partial charge in [0.2, 0.25) is 0 Å². The molecule has 1 aliphatic heterocycles. The highest BCUT2D eigenvalue weighted by molar-refractivity contribution is 5.95. The summed E-state index contributed by atoms with van der Waals surface area (Å²) in [4.78, 5) is 2.26. The van der Waals surface area contributed by atoms with Gasteiger partial charge < -0.3 is 16.0 Å². The summed E-state index contributed by atoms with van der Waals surface area (Å²) < 4.78 is 42.1. The van der Waals surface area contributed by atoms with Gasteiger partial charge in [-0.05, 0) is 49.2 Å². The van der Waals surface area contributed by atoms with Crippen LogP contribution in [0.5, 0.6) is 0 Å². The molecule has 1 atom stereocenters. The van der Waals surface area contributed by atoms with Gasteiger partial charge in [0.25, 0.3) is 0 Å². The van der Waals surface area contributed by atoms with Crippen LogP contribution in [0.3, 0.4) is 0 Å². The molecule has 0 fully saturated rings. The Balaban J connectivity index is 1.49. The Morgan fingerprint density at radius 2 is 1.85 bits per heavy atom. The number of nitrogens with two attached hydrogens (primary N) is 1. The highest BCUT2D eigenvalue weighted by atomic mass is 19.4. The van der Waals surface area contributed by atoms with Gasteiger partial charge in [-0.15, -0.1) is 5.10 Å². The molecule has 3 N–H and O–H groups in total. The van der Waals surface area contributed by atoms with Crippen molar-refractivity contribution in [3.63, 3.8) is 0 Å². The van der Waals surface area contributed by atoms with E-state index in [1.807, 2.05) is 35.9 Å². The predicted octanol–water partition coefficient (Wildman–Crippen LogP) is 4.55. The lowest BCUT2D eigenvalue weighted by Crippen LogP contribution is -2.33. The van der Waals surface area contributed by atoms with E-state index in [9.17, 15) is 13.2 Å². The molecule has 2 aromatic heterocycles. The molecule has 0 unspecified atom stereocenters. The molecule has 3 heterocycles. The maximum atomic E-state index is 13.4. The highest BCUT2D eigenvalue weighted by Crippen LogP contribution is 2.35. The van der Waals surface area contributed by atoms with Crippen molar-refractivity contribution in [2.75, 3.05) is 16.8 Å². The maximum Gasteiger partial charge on any atom is 0.416 e. The minimum absolute atomic E-state index is 0.0880. The zero-order valence-electron chi connectivity index (χ0n) is 18.8. The largest absolute Gasteiger partial charge is 0.416 e. The van der Waals surface area contributed by atoms with Gasteiger partial charge in [0.15, 0.2) is 5.82 Å². The van der Waals surface area contributed by atoms with Crippen LogP contribution in [0.15, 0.2) is 48.7 Å². The normalized spacial score (nSPS) is 14.8. The Bertz CT molecular complexity index is 1360. The second kappa shape index (κ2) is 8.28. The van der Waals surface area contributed by atoms with Crippen LogP contribution < -0.4 is 16.0 Å². The van der Waals surface area contributed by atoms with E-state index < -0.39 is 17.9 Å².